The lowest BCUT2D eigenvalue weighted by Gasteiger charge is -2.16. The number of H-pyrrole nitrogens is 1. The number of alkyl halides is 2. The Morgan fingerprint density at radius 3 is 2.89 bits per heavy atom. The summed E-state index contributed by atoms with van der Waals surface area (Å²) in [5, 5.41) is 3.13. The average molecular weight is 267 g/mol. The van der Waals surface area contributed by atoms with Crippen LogP contribution >= 0.6 is 0 Å². The van der Waals surface area contributed by atoms with Crippen LogP contribution in [0.1, 0.15) is 17.4 Å². The van der Waals surface area contributed by atoms with E-state index < -0.39 is 6.61 Å². The van der Waals surface area contributed by atoms with E-state index in [-0.39, 0.29) is 11.8 Å². The van der Waals surface area contributed by atoms with Crippen LogP contribution in [0.25, 0.3) is 0 Å². The van der Waals surface area contributed by atoms with E-state index in [2.05, 4.69) is 20.0 Å². The highest BCUT2D eigenvalue weighted by molar-refractivity contribution is 5.31. The van der Waals surface area contributed by atoms with E-state index in [1.165, 1.54) is 6.07 Å². The maximum Gasteiger partial charge on any atom is 0.387 e. The minimum atomic E-state index is -2.81. The van der Waals surface area contributed by atoms with Gasteiger partial charge in [-0.05, 0) is 24.7 Å². The Morgan fingerprint density at radius 1 is 1.42 bits per heavy atom. The van der Waals surface area contributed by atoms with Gasteiger partial charge in [0.05, 0.1) is 0 Å². The van der Waals surface area contributed by atoms with Gasteiger partial charge in [-0.1, -0.05) is 12.1 Å². The molecule has 0 fully saturated rings. The zero-order chi connectivity index (χ0) is 13.7. The van der Waals surface area contributed by atoms with Gasteiger partial charge in [0, 0.05) is 24.9 Å². The smallest absolute Gasteiger partial charge is 0.387 e. The van der Waals surface area contributed by atoms with E-state index in [1.54, 1.807) is 24.5 Å². The minimum absolute atomic E-state index is 0.0210. The van der Waals surface area contributed by atoms with Crippen LogP contribution in [0.15, 0.2) is 36.7 Å². The predicted octanol–water partition coefficient (Wildman–Crippen LogP) is 2.51. The molecule has 1 atom stereocenters. The second-order valence-corrected chi connectivity index (χ2v) is 4.03. The lowest BCUT2D eigenvalue weighted by atomic mass is 10.0. The van der Waals surface area contributed by atoms with Gasteiger partial charge in [-0.15, -0.1) is 0 Å². The number of hydrogen-bond donors (Lipinski definition) is 2. The van der Waals surface area contributed by atoms with Gasteiger partial charge in [-0.3, -0.25) is 0 Å². The van der Waals surface area contributed by atoms with E-state index in [0.29, 0.717) is 6.42 Å². The Kier molecular flexibility index (Phi) is 4.46. The molecule has 0 aliphatic heterocycles. The van der Waals surface area contributed by atoms with E-state index in [1.807, 2.05) is 13.1 Å². The molecule has 0 amide bonds. The largest absolute Gasteiger partial charge is 0.435 e. The van der Waals surface area contributed by atoms with Gasteiger partial charge in [-0.2, -0.15) is 8.78 Å². The molecule has 0 saturated heterocycles. The van der Waals surface area contributed by atoms with E-state index >= 15 is 0 Å². The molecule has 2 N–H and O–H groups in total. The number of rotatable bonds is 6. The summed E-state index contributed by atoms with van der Waals surface area (Å²) in [6, 6.07) is 6.65. The van der Waals surface area contributed by atoms with Crippen molar-refractivity contribution in [3.8, 4) is 5.75 Å². The number of likely N-dealkylation sites (N-methyl/N-ethyl adjacent to an activating group) is 1. The zero-order valence-corrected chi connectivity index (χ0v) is 10.4. The first-order valence-electron chi connectivity index (χ1n) is 5.89. The lowest BCUT2D eigenvalue weighted by Crippen LogP contribution is -2.19. The van der Waals surface area contributed by atoms with Crippen LogP contribution in [0.3, 0.4) is 0 Å². The molecule has 4 nitrogen and oxygen atoms in total. The van der Waals surface area contributed by atoms with Gasteiger partial charge in [0.1, 0.15) is 11.6 Å². The second-order valence-electron chi connectivity index (χ2n) is 4.03. The van der Waals surface area contributed by atoms with E-state index in [0.717, 1.165) is 11.4 Å². The normalized spacial score (nSPS) is 12.6. The summed E-state index contributed by atoms with van der Waals surface area (Å²) in [5.74, 6) is 0.992. The maximum atomic E-state index is 12.2. The predicted molar refractivity (Wildman–Crippen MR) is 67.2 cm³/mol. The Labute approximate surface area is 109 Å². The molecule has 19 heavy (non-hydrogen) atoms. The third kappa shape index (κ3) is 3.75. The molecule has 1 aromatic carbocycles. The second kappa shape index (κ2) is 6.29. The molecule has 102 valence electrons. The number of hydrogen-bond acceptors (Lipinski definition) is 3. The van der Waals surface area contributed by atoms with Gasteiger partial charge in [0.2, 0.25) is 0 Å². The van der Waals surface area contributed by atoms with Crippen molar-refractivity contribution in [3.63, 3.8) is 0 Å². The first kappa shape index (κ1) is 13.5. The molecule has 0 spiro atoms. The van der Waals surface area contributed by atoms with Crippen molar-refractivity contribution >= 4 is 0 Å². The van der Waals surface area contributed by atoms with Crippen molar-refractivity contribution in [3.05, 3.63) is 48.0 Å². The molecule has 2 aromatic rings. The summed E-state index contributed by atoms with van der Waals surface area (Å²) in [4.78, 5) is 7.17. The van der Waals surface area contributed by atoms with E-state index in [4.69, 9.17) is 0 Å². The Balaban J connectivity index is 2.13. The quantitative estimate of drug-likeness (QED) is 0.845. The number of aromatic amines is 1. The maximum absolute atomic E-state index is 12.2. The van der Waals surface area contributed by atoms with Gasteiger partial charge in [-0.25, -0.2) is 4.98 Å². The summed E-state index contributed by atoms with van der Waals surface area (Å²) < 4.78 is 28.8. The molecule has 0 aliphatic carbocycles. The molecule has 1 heterocycles. The van der Waals surface area contributed by atoms with Crippen molar-refractivity contribution in [1.29, 1.82) is 0 Å². The summed E-state index contributed by atoms with van der Waals surface area (Å²) in [6.07, 6.45) is 4.07. The highest BCUT2D eigenvalue weighted by Gasteiger charge is 2.13. The number of nitrogens with one attached hydrogen (secondary N) is 2. The fourth-order valence-electron chi connectivity index (χ4n) is 1.90. The van der Waals surface area contributed by atoms with Crippen LogP contribution < -0.4 is 10.1 Å². The highest BCUT2D eigenvalue weighted by Crippen LogP contribution is 2.22. The van der Waals surface area contributed by atoms with Crippen molar-refractivity contribution in [2.45, 2.75) is 19.1 Å². The van der Waals surface area contributed by atoms with Crippen molar-refractivity contribution in [2.75, 3.05) is 7.05 Å². The molecule has 0 bridgehead atoms. The zero-order valence-electron chi connectivity index (χ0n) is 10.4. The summed E-state index contributed by atoms with van der Waals surface area (Å²) in [7, 11) is 1.81. The summed E-state index contributed by atoms with van der Waals surface area (Å²) in [5.41, 5.74) is 0.872. The first-order valence-corrected chi connectivity index (χ1v) is 5.89. The van der Waals surface area contributed by atoms with Gasteiger partial charge >= 0.3 is 6.61 Å². The van der Waals surface area contributed by atoms with Gasteiger partial charge in [0.25, 0.3) is 0 Å². The third-order valence-corrected chi connectivity index (χ3v) is 2.79. The number of halogens is 2. The average Bonchev–Trinajstić information content (AvgIpc) is 2.88. The molecule has 0 aliphatic rings. The third-order valence-electron chi connectivity index (χ3n) is 2.79. The van der Waals surface area contributed by atoms with Crippen LogP contribution in [-0.4, -0.2) is 23.6 Å². The molecule has 6 heteroatoms. The Morgan fingerprint density at radius 2 is 2.26 bits per heavy atom. The van der Waals surface area contributed by atoms with Crippen LogP contribution in [0.5, 0.6) is 5.75 Å². The Hall–Kier alpha value is -1.95. The van der Waals surface area contributed by atoms with E-state index in [9.17, 15) is 8.78 Å². The minimum Gasteiger partial charge on any atom is -0.435 e. The molecule has 0 radical (unpaired) electrons. The molecule has 1 aromatic heterocycles. The van der Waals surface area contributed by atoms with Crippen molar-refractivity contribution in [2.24, 2.45) is 0 Å². The standard InChI is InChI=1S/C13H15F2N3O/c1-16-11(8-12-17-5-6-18-12)9-3-2-4-10(7-9)19-13(14)15/h2-7,11,13,16H,8H2,1H3,(H,17,18). The van der Waals surface area contributed by atoms with Crippen LogP contribution in [0, 0.1) is 0 Å². The monoisotopic (exact) mass is 267 g/mol. The highest BCUT2D eigenvalue weighted by atomic mass is 19.3. The topological polar surface area (TPSA) is 49.9 Å². The summed E-state index contributed by atoms with van der Waals surface area (Å²) >= 11 is 0. The fourth-order valence-corrected chi connectivity index (χ4v) is 1.90. The lowest BCUT2D eigenvalue weighted by molar-refractivity contribution is -0.0499. The van der Waals surface area contributed by atoms with Crippen LogP contribution in [0.2, 0.25) is 0 Å². The number of nitrogens with zero attached hydrogens (tertiary/aromatic N) is 1. The molecular weight excluding hydrogens is 252 g/mol. The molecular formula is C13H15F2N3O. The molecule has 2 rings (SSSR count). The molecule has 1 unspecified atom stereocenters. The van der Waals surface area contributed by atoms with Crippen LogP contribution in [-0.2, 0) is 6.42 Å². The number of aromatic nitrogens is 2. The Bertz CT molecular complexity index is 502. The van der Waals surface area contributed by atoms with Crippen molar-refractivity contribution in [1.82, 2.24) is 15.3 Å². The van der Waals surface area contributed by atoms with Crippen molar-refractivity contribution < 1.29 is 13.5 Å². The van der Waals surface area contributed by atoms with Crippen LogP contribution in [0.4, 0.5) is 8.78 Å². The molecule has 0 saturated carbocycles. The number of ether oxygens (including phenoxy) is 1. The number of imidazole rings is 1. The number of benzene rings is 1. The van der Waals surface area contributed by atoms with Gasteiger partial charge < -0.3 is 15.0 Å². The SMILES string of the molecule is CNC(Cc1ncc[nH]1)c1cccc(OC(F)F)c1. The first-order chi connectivity index (χ1) is 9.19. The fraction of sp³-hybridized carbons (Fsp3) is 0.308. The van der Waals surface area contributed by atoms with Gasteiger partial charge in [0.15, 0.2) is 0 Å². The summed E-state index contributed by atoms with van der Waals surface area (Å²) in [6.45, 7) is -2.81.